The standard InChI is InChI=1S/C20H26N2O8/c1-6-12-17(19(24)29-7-2)13(22-20(25)21-12)10-30-18(23)11-8-15(27-4)16(28-5)9-14(11)26-3/h8-9,12H,6-7,10H2,1-5H3,(H2,21,22,25)/t12-/m1/s1. The van der Waals surface area contributed by atoms with Gasteiger partial charge in [0.2, 0.25) is 0 Å². The van der Waals surface area contributed by atoms with Crippen LogP contribution in [0.2, 0.25) is 0 Å². The van der Waals surface area contributed by atoms with Gasteiger partial charge in [-0.25, -0.2) is 14.4 Å². The molecule has 1 aromatic carbocycles. The summed E-state index contributed by atoms with van der Waals surface area (Å²) in [5, 5.41) is 5.17. The quantitative estimate of drug-likeness (QED) is 0.578. The minimum Gasteiger partial charge on any atom is -0.496 e. The number of urea groups is 1. The number of nitrogens with one attached hydrogen (secondary N) is 2. The van der Waals surface area contributed by atoms with Crippen LogP contribution in [0, 0.1) is 0 Å². The highest BCUT2D eigenvalue weighted by atomic mass is 16.5. The maximum atomic E-state index is 12.7. The minimum atomic E-state index is -0.732. The van der Waals surface area contributed by atoms with Crippen LogP contribution in [0.15, 0.2) is 23.4 Å². The Morgan fingerprint density at radius 3 is 2.13 bits per heavy atom. The van der Waals surface area contributed by atoms with E-state index in [0.717, 1.165) is 0 Å². The largest absolute Gasteiger partial charge is 0.496 e. The van der Waals surface area contributed by atoms with Gasteiger partial charge in [-0.1, -0.05) is 6.92 Å². The average Bonchev–Trinajstić information content (AvgIpc) is 2.75. The van der Waals surface area contributed by atoms with Crippen LogP contribution in [0.4, 0.5) is 4.79 Å². The zero-order valence-electron chi connectivity index (χ0n) is 17.6. The molecule has 2 rings (SSSR count). The van der Waals surface area contributed by atoms with Crippen molar-refractivity contribution < 1.29 is 38.1 Å². The lowest BCUT2D eigenvalue weighted by atomic mass is 10.0. The second-order valence-corrected chi connectivity index (χ2v) is 6.16. The van der Waals surface area contributed by atoms with E-state index in [4.69, 9.17) is 23.7 Å². The van der Waals surface area contributed by atoms with Crippen LogP contribution < -0.4 is 24.8 Å². The monoisotopic (exact) mass is 422 g/mol. The molecule has 1 aromatic rings. The van der Waals surface area contributed by atoms with Gasteiger partial charge in [-0.05, 0) is 13.3 Å². The molecule has 10 heteroatoms. The highest BCUT2D eigenvalue weighted by Gasteiger charge is 2.32. The highest BCUT2D eigenvalue weighted by Crippen LogP contribution is 2.35. The number of ether oxygens (including phenoxy) is 5. The number of benzene rings is 1. The van der Waals surface area contributed by atoms with E-state index in [1.165, 1.54) is 33.5 Å². The van der Waals surface area contributed by atoms with Crippen LogP contribution in [-0.2, 0) is 14.3 Å². The second kappa shape index (κ2) is 10.4. The zero-order chi connectivity index (χ0) is 22.3. The SMILES string of the molecule is CCOC(=O)C1=C(COC(=O)c2cc(OC)c(OC)cc2OC)NC(=O)N[C@@H]1CC. The van der Waals surface area contributed by atoms with Crippen LogP contribution in [0.25, 0.3) is 0 Å². The van der Waals surface area contributed by atoms with Gasteiger partial charge in [-0.15, -0.1) is 0 Å². The first-order chi connectivity index (χ1) is 14.4. The molecule has 0 aromatic heterocycles. The van der Waals surface area contributed by atoms with Gasteiger partial charge in [0.05, 0.1) is 45.2 Å². The lowest BCUT2D eigenvalue weighted by Gasteiger charge is -2.28. The topological polar surface area (TPSA) is 121 Å². The van der Waals surface area contributed by atoms with E-state index in [-0.39, 0.29) is 35.8 Å². The van der Waals surface area contributed by atoms with Crippen molar-refractivity contribution in [1.29, 1.82) is 0 Å². The molecule has 0 fully saturated rings. The van der Waals surface area contributed by atoms with E-state index in [1.807, 2.05) is 6.92 Å². The van der Waals surface area contributed by atoms with Gasteiger partial charge < -0.3 is 34.3 Å². The number of hydrogen-bond donors (Lipinski definition) is 2. The number of carbonyl (C=O) groups excluding carboxylic acids is 3. The fourth-order valence-electron chi connectivity index (χ4n) is 2.98. The summed E-state index contributed by atoms with van der Waals surface area (Å²) in [6.45, 7) is 3.32. The summed E-state index contributed by atoms with van der Waals surface area (Å²) in [7, 11) is 4.30. The van der Waals surface area contributed by atoms with E-state index in [9.17, 15) is 14.4 Å². The molecule has 0 aliphatic carbocycles. The van der Waals surface area contributed by atoms with Crippen molar-refractivity contribution in [2.45, 2.75) is 26.3 Å². The molecule has 0 unspecified atom stereocenters. The number of esters is 2. The van der Waals surface area contributed by atoms with Gasteiger partial charge in [0.25, 0.3) is 0 Å². The third-order valence-corrected chi connectivity index (χ3v) is 4.42. The van der Waals surface area contributed by atoms with Gasteiger partial charge in [0.1, 0.15) is 17.9 Å². The van der Waals surface area contributed by atoms with Crippen LogP contribution in [0.5, 0.6) is 17.2 Å². The molecule has 0 radical (unpaired) electrons. The lowest BCUT2D eigenvalue weighted by molar-refractivity contribution is -0.139. The van der Waals surface area contributed by atoms with E-state index in [0.29, 0.717) is 17.9 Å². The van der Waals surface area contributed by atoms with Gasteiger partial charge in [-0.3, -0.25) is 0 Å². The summed E-state index contributed by atoms with van der Waals surface area (Å²) in [5.74, 6) is -0.401. The molecule has 1 aliphatic heterocycles. The average molecular weight is 422 g/mol. The summed E-state index contributed by atoms with van der Waals surface area (Å²) in [5.41, 5.74) is 0.476. The van der Waals surface area contributed by atoms with Crippen LogP contribution in [0.1, 0.15) is 30.6 Å². The molecule has 0 saturated carbocycles. The van der Waals surface area contributed by atoms with Gasteiger partial charge in [0, 0.05) is 12.1 Å². The Balaban J connectivity index is 2.32. The molecule has 30 heavy (non-hydrogen) atoms. The highest BCUT2D eigenvalue weighted by molar-refractivity contribution is 5.96. The molecule has 2 N–H and O–H groups in total. The fraction of sp³-hybridized carbons (Fsp3) is 0.450. The molecule has 164 valence electrons. The second-order valence-electron chi connectivity index (χ2n) is 6.16. The molecular formula is C20H26N2O8. The Labute approximate surface area is 174 Å². The van der Waals surface area contributed by atoms with E-state index in [2.05, 4.69) is 10.6 Å². The summed E-state index contributed by atoms with van der Waals surface area (Å²) >= 11 is 0. The maximum Gasteiger partial charge on any atom is 0.342 e. The summed E-state index contributed by atoms with van der Waals surface area (Å²) < 4.78 is 26.1. The molecule has 0 bridgehead atoms. The van der Waals surface area contributed by atoms with Crippen LogP contribution in [-0.4, -0.2) is 58.6 Å². The number of carbonyl (C=O) groups is 3. The Morgan fingerprint density at radius 1 is 0.933 bits per heavy atom. The normalized spacial score (nSPS) is 15.6. The van der Waals surface area contributed by atoms with Crippen molar-refractivity contribution in [3.8, 4) is 17.2 Å². The van der Waals surface area contributed by atoms with Gasteiger partial charge >= 0.3 is 18.0 Å². The smallest absolute Gasteiger partial charge is 0.342 e. The summed E-state index contributed by atoms with van der Waals surface area (Å²) in [6.07, 6.45) is 0.461. The predicted molar refractivity (Wildman–Crippen MR) is 106 cm³/mol. The third-order valence-electron chi connectivity index (χ3n) is 4.42. The number of amides is 2. The molecule has 1 heterocycles. The predicted octanol–water partition coefficient (Wildman–Crippen LogP) is 1.78. The molecule has 0 saturated heterocycles. The molecule has 10 nitrogen and oxygen atoms in total. The fourth-order valence-corrected chi connectivity index (χ4v) is 2.98. The lowest BCUT2D eigenvalue weighted by Crippen LogP contribution is -2.51. The number of rotatable bonds is 9. The zero-order valence-corrected chi connectivity index (χ0v) is 17.6. The van der Waals surface area contributed by atoms with Gasteiger partial charge in [0.15, 0.2) is 11.5 Å². The Kier molecular flexibility index (Phi) is 7.90. The Hall–Kier alpha value is -3.43. The summed E-state index contributed by atoms with van der Waals surface area (Å²) in [6, 6.07) is 1.88. The molecule has 1 atom stereocenters. The van der Waals surface area contributed by atoms with Crippen molar-refractivity contribution in [3.63, 3.8) is 0 Å². The number of methoxy groups -OCH3 is 3. The van der Waals surface area contributed by atoms with E-state index >= 15 is 0 Å². The molecule has 2 amide bonds. The minimum absolute atomic E-state index is 0.0979. The van der Waals surface area contributed by atoms with Crippen molar-refractivity contribution in [1.82, 2.24) is 10.6 Å². The first-order valence-corrected chi connectivity index (χ1v) is 9.34. The Morgan fingerprint density at radius 2 is 1.57 bits per heavy atom. The number of hydrogen-bond acceptors (Lipinski definition) is 8. The van der Waals surface area contributed by atoms with E-state index in [1.54, 1.807) is 6.92 Å². The van der Waals surface area contributed by atoms with E-state index < -0.39 is 24.0 Å². The van der Waals surface area contributed by atoms with Gasteiger partial charge in [-0.2, -0.15) is 0 Å². The van der Waals surface area contributed by atoms with Crippen molar-refractivity contribution >= 4 is 18.0 Å². The molecular weight excluding hydrogens is 396 g/mol. The van der Waals surface area contributed by atoms with Crippen molar-refractivity contribution in [3.05, 3.63) is 29.0 Å². The molecule has 0 spiro atoms. The van der Waals surface area contributed by atoms with Crippen LogP contribution in [0.3, 0.4) is 0 Å². The summed E-state index contributed by atoms with van der Waals surface area (Å²) in [4.78, 5) is 37.0. The van der Waals surface area contributed by atoms with Crippen molar-refractivity contribution in [2.75, 3.05) is 34.5 Å². The van der Waals surface area contributed by atoms with Crippen LogP contribution >= 0.6 is 0 Å². The molecule has 1 aliphatic rings. The van der Waals surface area contributed by atoms with Crippen molar-refractivity contribution in [2.24, 2.45) is 0 Å². The first-order valence-electron chi connectivity index (χ1n) is 9.34. The third kappa shape index (κ3) is 4.94. The first kappa shape index (κ1) is 22.9. The maximum absolute atomic E-state index is 12.7. The Bertz CT molecular complexity index is 849.